The molecular weight excluding hydrogens is 314 g/mol. The van der Waals surface area contributed by atoms with Gasteiger partial charge < -0.3 is 14.6 Å². The molecule has 1 rings (SSSR count). The summed E-state index contributed by atoms with van der Waals surface area (Å²) in [5.41, 5.74) is -0.497. The van der Waals surface area contributed by atoms with Gasteiger partial charge in [0.05, 0.1) is 24.6 Å². The van der Waals surface area contributed by atoms with Gasteiger partial charge in [-0.25, -0.2) is 0 Å². The Bertz CT molecular complexity index is 517. The van der Waals surface area contributed by atoms with E-state index in [-0.39, 0.29) is 18.2 Å². The Morgan fingerprint density at radius 3 is 2.50 bits per heavy atom. The Morgan fingerprint density at radius 2 is 1.92 bits per heavy atom. The Morgan fingerprint density at radius 1 is 1.29 bits per heavy atom. The highest BCUT2D eigenvalue weighted by Gasteiger charge is 2.26. The van der Waals surface area contributed by atoms with E-state index in [4.69, 9.17) is 14.6 Å². The maximum atomic E-state index is 11.5. The van der Waals surface area contributed by atoms with E-state index in [9.17, 15) is 14.4 Å². The second-order valence-electron chi connectivity index (χ2n) is 6.14. The largest absolute Gasteiger partial charge is 0.498 e. The molecule has 7 nitrogen and oxygen atoms in total. The lowest BCUT2D eigenvalue weighted by Gasteiger charge is -2.27. The zero-order valence-electron chi connectivity index (χ0n) is 14.4. The molecular formula is C17H25NO6. The third-order valence-corrected chi connectivity index (χ3v) is 3.55. The van der Waals surface area contributed by atoms with Crippen LogP contribution in [0.2, 0.25) is 0 Å². The molecule has 0 saturated carbocycles. The zero-order chi connectivity index (χ0) is 18.2. The van der Waals surface area contributed by atoms with Crippen LogP contribution in [0.3, 0.4) is 0 Å². The van der Waals surface area contributed by atoms with Gasteiger partial charge in [0.2, 0.25) is 0 Å². The molecule has 0 spiro atoms. The van der Waals surface area contributed by atoms with Crippen molar-refractivity contribution in [1.29, 1.82) is 0 Å². The highest BCUT2D eigenvalue weighted by Crippen LogP contribution is 2.17. The Hall–Kier alpha value is -2.15. The van der Waals surface area contributed by atoms with Gasteiger partial charge in [0.1, 0.15) is 0 Å². The highest BCUT2D eigenvalue weighted by molar-refractivity contribution is 6.12. The Kier molecular flexibility index (Phi) is 7.64. The minimum atomic E-state index is -0.838. The lowest BCUT2D eigenvalue weighted by molar-refractivity contribution is -0.138. The standard InChI is InChI=1S/C17H25NO6/c1-13(23-11-4-5-16(21)22)8-12-24-17(2,3)9-10-18-14(19)6-7-15(18)20/h6-8H,4-5,9-12H2,1-3H3,(H,21,22)/b13-8-. The topological polar surface area (TPSA) is 93.1 Å². The summed E-state index contributed by atoms with van der Waals surface area (Å²) in [6.45, 7) is 6.56. The van der Waals surface area contributed by atoms with Crippen LogP contribution in [0.4, 0.5) is 0 Å². The van der Waals surface area contributed by atoms with E-state index in [1.807, 2.05) is 13.8 Å². The first-order valence-electron chi connectivity index (χ1n) is 7.90. The predicted molar refractivity (Wildman–Crippen MR) is 87.1 cm³/mol. The monoisotopic (exact) mass is 339 g/mol. The van der Waals surface area contributed by atoms with Gasteiger partial charge in [-0.2, -0.15) is 0 Å². The maximum Gasteiger partial charge on any atom is 0.303 e. The summed E-state index contributed by atoms with van der Waals surface area (Å²) in [6, 6.07) is 0. The van der Waals surface area contributed by atoms with Crippen LogP contribution in [-0.4, -0.2) is 53.1 Å². The molecule has 0 aromatic rings. The molecule has 1 aliphatic rings. The Labute approximate surface area is 141 Å². The van der Waals surface area contributed by atoms with Crippen molar-refractivity contribution in [1.82, 2.24) is 4.90 Å². The number of amides is 2. The average molecular weight is 339 g/mol. The smallest absolute Gasteiger partial charge is 0.303 e. The summed E-state index contributed by atoms with van der Waals surface area (Å²) < 4.78 is 11.1. The summed E-state index contributed by atoms with van der Waals surface area (Å²) >= 11 is 0. The van der Waals surface area contributed by atoms with Crippen molar-refractivity contribution in [3.63, 3.8) is 0 Å². The van der Waals surface area contributed by atoms with E-state index in [1.54, 1.807) is 13.0 Å². The van der Waals surface area contributed by atoms with Gasteiger partial charge in [0.25, 0.3) is 11.8 Å². The summed E-state index contributed by atoms with van der Waals surface area (Å²) in [5, 5.41) is 8.53. The van der Waals surface area contributed by atoms with E-state index in [2.05, 4.69) is 0 Å². The summed E-state index contributed by atoms with van der Waals surface area (Å²) in [7, 11) is 0. The predicted octanol–water partition coefficient (Wildman–Crippen LogP) is 1.88. The first kappa shape index (κ1) is 19.9. The van der Waals surface area contributed by atoms with Gasteiger partial charge in [0.15, 0.2) is 0 Å². The molecule has 7 heteroatoms. The van der Waals surface area contributed by atoms with Crippen LogP contribution in [0.15, 0.2) is 24.0 Å². The van der Waals surface area contributed by atoms with Crippen molar-refractivity contribution in [2.75, 3.05) is 19.8 Å². The van der Waals surface area contributed by atoms with E-state index >= 15 is 0 Å². The number of rotatable bonds is 11. The molecule has 0 unspecified atom stereocenters. The molecule has 0 atom stereocenters. The molecule has 2 amide bonds. The van der Waals surface area contributed by atoms with Crippen LogP contribution in [0.5, 0.6) is 0 Å². The van der Waals surface area contributed by atoms with Crippen molar-refractivity contribution in [3.8, 4) is 0 Å². The fourth-order valence-corrected chi connectivity index (χ4v) is 2.00. The van der Waals surface area contributed by atoms with Gasteiger partial charge in [0, 0.05) is 25.1 Å². The third-order valence-electron chi connectivity index (χ3n) is 3.55. The number of carbonyl (C=O) groups is 3. The second kappa shape index (κ2) is 9.22. The number of carbonyl (C=O) groups excluding carboxylic acids is 2. The molecule has 0 aromatic carbocycles. The number of ether oxygens (including phenoxy) is 2. The maximum absolute atomic E-state index is 11.5. The lowest BCUT2D eigenvalue weighted by Crippen LogP contribution is -2.36. The number of hydrogen-bond acceptors (Lipinski definition) is 5. The minimum absolute atomic E-state index is 0.0829. The van der Waals surface area contributed by atoms with Crippen LogP contribution < -0.4 is 0 Å². The molecule has 0 saturated heterocycles. The van der Waals surface area contributed by atoms with E-state index in [0.29, 0.717) is 38.4 Å². The average Bonchev–Trinajstić information content (AvgIpc) is 2.80. The van der Waals surface area contributed by atoms with Crippen LogP contribution >= 0.6 is 0 Å². The first-order chi connectivity index (χ1) is 11.2. The lowest BCUT2D eigenvalue weighted by atomic mass is 10.0. The van der Waals surface area contributed by atoms with Crippen LogP contribution in [0, 0.1) is 0 Å². The molecule has 134 valence electrons. The van der Waals surface area contributed by atoms with Crippen LogP contribution in [0.1, 0.15) is 40.0 Å². The molecule has 0 radical (unpaired) electrons. The van der Waals surface area contributed by atoms with Crippen LogP contribution in [-0.2, 0) is 23.9 Å². The number of nitrogens with zero attached hydrogens (tertiary/aromatic N) is 1. The van der Waals surface area contributed by atoms with Crippen LogP contribution in [0.25, 0.3) is 0 Å². The van der Waals surface area contributed by atoms with Gasteiger partial charge in [-0.05, 0) is 39.7 Å². The minimum Gasteiger partial charge on any atom is -0.498 e. The number of carboxylic acids is 1. The normalized spacial score (nSPS) is 15.3. The molecule has 24 heavy (non-hydrogen) atoms. The van der Waals surface area contributed by atoms with Gasteiger partial charge in [-0.1, -0.05) is 0 Å². The summed E-state index contributed by atoms with van der Waals surface area (Å²) in [4.78, 5) is 34.6. The number of hydrogen-bond donors (Lipinski definition) is 1. The molecule has 1 N–H and O–H groups in total. The first-order valence-corrected chi connectivity index (χ1v) is 7.90. The van der Waals surface area contributed by atoms with E-state index in [1.165, 1.54) is 17.1 Å². The molecule has 0 aliphatic carbocycles. The van der Waals surface area contributed by atoms with Gasteiger partial charge in [-0.3, -0.25) is 19.3 Å². The zero-order valence-corrected chi connectivity index (χ0v) is 14.4. The van der Waals surface area contributed by atoms with Gasteiger partial charge in [-0.15, -0.1) is 0 Å². The van der Waals surface area contributed by atoms with Crippen molar-refractivity contribution in [2.45, 2.75) is 45.6 Å². The SMILES string of the molecule is C/C(=C/COC(C)(C)CCN1C(=O)C=CC1=O)OCCCC(=O)O. The highest BCUT2D eigenvalue weighted by atomic mass is 16.5. The molecule has 1 heterocycles. The quantitative estimate of drug-likeness (QED) is 0.351. The number of allylic oxidation sites excluding steroid dienone is 1. The number of imide groups is 1. The molecule has 0 fully saturated rings. The van der Waals surface area contributed by atoms with E-state index < -0.39 is 11.6 Å². The number of carboxylic acid groups (broad SMARTS) is 1. The van der Waals surface area contributed by atoms with Crippen molar-refractivity contribution >= 4 is 17.8 Å². The summed E-state index contributed by atoms with van der Waals surface area (Å²) in [5.74, 6) is -0.747. The van der Waals surface area contributed by atoms with E-state index in [0.717, 1.165) is 0 Å². The van der Waals surface area contributed by atoms with Crippen molar-refractivity contribution < 1.29 is 29.0 Å². The van der Waals surface area contributed by atoms with Crippen molar-refractivity contribution in [2.24, 2.45) is 0 Å². The van der Waals surface area contributed by atoms with Gasteiger partial charge >= 0.3 is 5.97 Å². The second-order valence-corrected chi connectivity index (χ2v) is 6.14. The van der Waals surface area contributed by atoms with Crippen molar-refractivity contribution in [3.05, 3.63) is 24.0 Å². The molecule has 1 aliphatic heterocycles. The fraction of sp³-hybridized carbons (Fsp3) is 0.588. The summed E-state index contributed by atoms with van der Waals surface area (Å²) in [6.07, 6.45) is 5.38. The molecule has 0 aromatic heterocycles. The number of aliphatic carboxylic acids is 1. The molecule has 0 bridgehead atoms. The fourth-order valence-electron chi connectivity index (χ4n) is 2.00. The Balaban J connectivity index is 2.26. The third kappa shape index (κ3) is 7.41.